The Hall–Kier alpha value is -0.830. The van der Waals surface area contributed by atoms with Gasteiger partial charge < -0.3 is 4.74 Å². The molecule has 152 valence electrons. The van der Waals surface area contributed by atoms with Crippen LogP contribution in [0.2, 0.25) is 0 Å². The first kappa shape index (κ1) is 23.2. The van der Waals surface area contributed by atoms with E-state index in [0.717, 1.165) is 13.2 Å². The highest BCUT2D eigenvalue weighted by Gasteiger charge is 2.10. The zero-order valence-electron chi connectivity index (χ0n) is 17.9. The van der Waals surface area contributed by atoms with Crippen molar-refractivity contribution in [1.82, 2.24) is 4.57 Å². The lowest BCUT2D eigenvalue weighted by Gasteiger charge is -2.09. The minimum absolute atomic E-state index is 0.419. The second-order valence-corrected chi connectivity index (χ2v) is 8.05. The SMILES string of the molecule is CCCCCCCCCCCCCCCCOCC(C)n1cc[n+](C)c1. The molecular weight excluding hydrogens is 320 g/mol. The van der Waals surface area contributed by atoms with Crippen molar-refractivity contribution >= 4 is 0 Å². The van der Waals surface area contributed by atoms with E-state index in [1.807, 2.05) is 0 Å². The second kappa shape index (κ2) is 16.4. The van der Waals surface area contributed by atoms with Crippen molar-refractivity contribution in [2.75, 3.05) is 13.2 Å². The van der Waals surface area contributed by atoms with Gasteiger partial charge in [-0.3, -0.25) is 0 Å². The molecule has 0 aromatic carbocycles. The predicted octanol–water partition coefficient (Wildman–Crippen LogP) is 6.37. The minimum Gasteiger partial charge on any atom is -0.377 e. The number of nitrogens with zero attached hydrogens (tertiary/aromatic N) is 2. The molecule has 1 aromatic heterocycles. The van der Waals surface area contributed by atoms with E-state index in [2.05, 4.69) is 48.8 Å². The predicted molar refractivity (Wildman–Crippen MR) is 111 cm³/mol. The quantitative estimate of drug-likeness (QED) is 0.218. The summed E-state index contributed by atoms with van der Waals surface area (Å²) in [6.07, 6.45) is 26.0. The van der Waals surface area contributed by atoms with E-state index in [1.165, 1.54) is 89.9 Å². The normalized spacial score (nSPS) is 12.6. The van der Waals surface area contributed by atoms with Crippen LogP contribution in [0, 0.1) is 0 Å². The molecule has 0 radical (unpaired) electrons. The highest BCUT2D eigenvalue weighted by molar-refractivity contribution is 4.72. The maximum Gasteiger partial charge on any atom is 0.243 e. The molecule has 3 nitrogen and oxygen atoms in total. The summed E-state index contributed by atoms with van der Waals surface area (Å²) in [5.74, 6) is 0. The summed E-state index contributed by atoms with van der Waals surface area (Å²) in [7, 11) is 2.05. The summed E-state index contributed by atoms with van der Waals surface area (Å²) in [6.45, 7) is 6.23. The molecule has 0 N–H and O–H groups in total. The molecule has 0 aliphatic rings. The first-order chi connectivity index (χ1) is 12.7. The third kappa shape index (κ3) is 12.5. The number of rotatable bonds is 18. The van der Waals surface area contributed by atoms with Gasteiger partial charge in [-0.25, -0.2) is 9.13 Å². The number of unbranched alkanes of at least 4 members (excludes halogenated alkanes) is 13. The van der Waals surface area contributed by atoms with Crippen LogP contribution in [0.25, 0.3) is 0 Å². The largest absolute Gasteiger partial charge is 0.377 e. The van der Waals surface area contributed by atoms with Crippen LogP contribution in [-0.2, 0) is 11.8 Å². The van der Waals surface area contributed by atoms with Crippen molar-refractivity contribution in [2.24, 2.45) is 7.05 Å². The number of hydrogen-bond donors (Lipinski definition) is 0. The smallest absolute Gasteiger partial charge is 0.243 e. The van der Waals surface area contributed by atoms with Crippen LogP contribution in [0.4, 0.5) is 0 Å². The molecule has 0 aliphatic heterocycles. The molecule has 0 bridgehead atoms. The summed E-state index contributed by atoms with van der Waals surface area (Å²) in [6, 6.07) is 0.419. The van der Waals surface area contributed by atoms with Gasteiger partial charge in [0.05, 0.1) is 13.7 Å². The van der Waals surface area contributed by atoms with Crippen molar-refractivity contribution in [3.05, 3.63) is 18.7 Å². The number of imidazole rings is 1. The van der Waals surface area contributed by atoms with Crippen LogP contribution in [0.5, 0.6) is 0 Å². The van der Waals surface area contributed by atoms with Gasteiger partial charge in [-0.1, -0.05) is 90.4 Å². The fourth-order valence-corrected chi connectivity index (χ4v) is 3.47. The average molecular weight is 366 g/mol. The number of aromatic nitrogens is 2. The molecular formula is C23H45N2O+. The van der Waals surface area contributed by atoms with Gasteiger partial charge in [-0.15, -0.1) is 0 Å². The standard InChI is InChI=1S/C23H45N2O/c1-4-5-6-7-8-9-10-11-12-13-14-15-16-17-20-26-21-23(2)25-19-18-24(3)22-25/h18-19,22-23H,4-17,20-21H2,1-3H3/q+1. The van der Waals surface area contributed by atoms with Crippen molar-refractivity contribution in [3.63, 3.8) is 0 Å². The fraction of sp³-hybridized carbons (Fsp3) is 0.870. The monoisotopic (exact) mass is 365 g/mol. The van der Waals surface area contributed by atoms with Gasteiger partial charge in [0.1, 0.15) is 18.4 Å². The lowest BCUT2D eigenvalue weighted by molar-refractivity contribution is -0.671. The van der Waals surface area contributed by atoms with E-state index in [-0.39, 0.29) is 0 Å². The van der Waals surface area contributed by atoms with Crippen LogP contribution >= 0.6 is 0 Å². The molecule has 1 atom stereocenters. The van der Waals surface area contributed by atoms with Gasteiger partial charge in [0.2, 0.25) is 6.33 Å². The molecule has 1 unspecified atom stereocenters. The van der Waals surface area contributed by atoms with Gasteiger partial charge in [0.25, 0.3) is 0 Å². The van der Waals surface area contributed by atoms with Crippen molar-refractivity contribution in [2.45, 2.75) is 110 Å². The molecule has 1 heterocycles. The van der Waals surface area contributed by atoms with Crippen molar-refractivity contribution < 1.29 is 9.30 Å². The topological polar surface area (TPSA) is 18.0 Å². The van der Waals surface area contributed by atoms with Gasteiger partial charge in [0.15, 0.2) is 0 Å². The van der Waals surface area contributed by atoms with Crippen LogP contribution in [0.3, 0.4) is 0 Å². The minimum atomic E-state index is 0.419. The molecule has 0 amide bonds. The third-order valence-corrected chi connectivity index (χ3v) is 5.30. The number of ether oxygens (including phenoxy) is 1. The summed E-state index contributed by atoms with van der Waals surface area (Å²) < 4.78 is 10.1. The molecule has 3 heteroatoms. The van der Waals surface area contributed by atoms with Crippen LogP contribution in [0.1, 0.15) is 110 Å². The lowest BCUT2D eigenvalue weighted by atomic mass is 10.0. The van der Waals surface area contributed by atoms with Gasteiger partial charge in [0, 0.05) is 6.61 Å². The molecule has 0 saturated carbocycles. The Kier molecular flexibility index (Phi) is 14.6. The molecule has 1 aromatic rings. The zero-order chi connectivity index (χ0) is 18.9. The Balaban J connectivity index is 1.76. The van der Waals surface area contributed by atoms with Gasteiger partial charge in [-0.05, 0) is 13.3 Å². The number of hydrogen-bond acceptors (Lipinski definition) is 1. The van der Waals surface area contributed by atoms with Crippen molar-refractivity contribution in [1.29, 1.82) is 0 Å². The molecule has 1 rings (SSSR count). The number of aryl methyl sites for hydroxylation is 1. The van der Waals surface area contributed by atoms with E-state index in [0.29, 0.717) is 6.04 Å². The summed E-state index contributed by atoms with van der Waals surface area (Å²) in [5, 5.41) is 0. The Morgan fingerprint density at radius 2 is 1.31 bits per heavy atom. The molecule has 0 fully saturated rings. The Bertz CT molecular complexity index is 416. The second-order valence-electron chi connectivity index (χ2n) is 8.05. The summed E-state index contributed by atoms with van der Waals surface area (Å²) in [4.78, 5) is 0. The van der Waals surface area contributed by atoms with Gasteiger partial charge in [-0.2, -0.15) is 0 Å². The Labute approximate surface area is 163 Å². The van der Waals surface area contributed by atoms with Crippen LogP contribution in [0.15, 0.2) is 18.7 Å². The molecule has 0 spiro atoms. The first-order valence-corrected chi connectivity index (χ1v) is 11.3. The maximum absolute atomic E-state index is 5.84. The van der Waals surface area contributed by atoms with Crippen LogP contribution < -0.4 is 4.57 Å². The van der Waals surface area contributed by atoms with Crippen molar-refractivity contribution in [3.8, 4) is 0 Å². The summed E-state index contributed by atoms with van der Waals surface area (Å²) in [5.41, 5.74) is 0. The highest BCUT2D eigenvalue weighted by atomic mass is 16.5. The van der Waals surface area contributed by atoms with Crippen LogP contribution in [-0.4, -0.2) is 17.8 Å². The Morgan fingerprint density at radius 3 is 1.77 bits per heavy atom. The average Bonchev–Trinajstić information content (AvgIpc) is 3.07. The Morgan fingerprint density at radius 1 is 0.808 bits per heavy atom. The molecule has 0 saturated heterocycles. The summed E-state index contributed by atoms with van der Waals surface area (Å²) >= 11 is 0. The third-order valence-electron chi connectivity index (χ3n) is 5.30. The molecule has 0 aliphatic carbocycles. The maximum atomic E-state index is 5.84. The highest BCUT2D eigenvalue weighted by Crippen LogP contribution is 2.13. The van der Waals surface area contributed by atoms with E-state index in [1.54, 1.807) is 0 Å². The fourth-order valence-electron chi connectivity index (χ4n) is 3.47. The van der Waals surface area contributed by atoms with E-state index >= 15 is 0 Å². The zero-order valence-corrected chi connectivity index (χ0v) is 17.9. The van der Waals surface area contributed by atoms with E-state index in [9.17, 15) is 0 Å². The van der Waals surface area contributed by atoms with E-state index in [4.69, 9.17) is 4.74 Å². The lowest BCUT2D eigenvalue weighted by Crippen LogP contribution is -2.24. The molecule has 26 heavy (non-hydrogen) atoms. The van der Waals surface area contributed by atoms with E-state index < -0.39 is 0 Å². The van der Waals surface area contributed by atoms with Gasteiger partial charge >= 0.3 is 0 Å². The first-order valence-electron chi connectivity index (χ1n) is 11.3.